The second-order valence-corrected chi connectivity index (χ2v) is 11.6. The molecule has 0 aromatic heterocycles. The van der Waals surface area contributed by atoms with Crippen molar-refractivity contribution in [2.45, 2.75) is 43.4 Å². The molecule has 1 aliphatic rings. The summed E-state index contributed by atoms with van der Waals surface area (Å²) in [6.45, 7) is 3.49. The minimum atomic E-state index is -4.07. The van der Waals surface area contributed by atoms with Gasteiger partial charge in [-0.1, -0.05) is 44.2 Å². The number of hydrogen-bond donors (Lipinski definition) is 3. The van der Waals surface area contributed by atoms with Crippen LogP contribution in [0, 0.1) is 18.3 Å². The van der Waals surface area contributed by atoms with E-state index in [1.54, 1.807) is 30.3 Å². The third-order valence-electron chi connectivity index (χ3n) is 5.88. The summed E-state index contributed by atoms with van der Waals surface area (Å²) in [5.41, 5.74) is 0.534. The molecule has 12 heteroatoms. The van der Waals surface area contributed by atoms with E-state index >= 15 is 0 Å². The van der Waals surface area contributed by atoms with E-state index in [0.29, 0.717) is 17.1 Å². The van der Waals surface area contributed by atoms with Crippen LogP contribution in [0.5, 0.6) is 11.5 Å². The number of nitrogens with zero attached hydrogens (tertiary/aromatic N) is 1. The first-order valence-electron chi connectivity index (χ1n) is 12.3. The molecular formula is C27H32ClN3O7S. The number of ether oxygens (including phenoxy) is 2. The zero-order valence-corrected chi connectivity index (χ0v) is 23.2. The van der Waals surface area contributed by atoms with Gasteiger partial charge in [-0.2, -0.15) is 4.31 Å². The molecule has 3 atom stereocenters. The number of halogens is 1. The highest BCUT2D eigenvalue weighted by atomic mass is 35.5. The zero-order valence-electron chi connectivity index (χ0n) is 21.7. The van der Waals surface area contributed by atoms with Crippen molar-refractivity contribution in [2.75, 3.05) is 25.8 Å². The lowest BCUT2D eigenvalue weighted by Gasteiger charge is -2.31. The van der Waals surface area contributed by atoms with Gasteiger partial charge in [-0.05, 0) is 23.6 Å². The van der Waals surface area contributed by atoms with E-state index in [4.69, 9.17) is 27.5 Å². The number of hydrogen-bond acceptors (Lipinski definition) is 7. The molecule has 3 rings (SSSR count). The van der Waals surface area contributed by atoms with Crippen molar-refractivity contribution in [2.24, 2.45) is 5.92 Å². The van der Waals surface area contributed by atoms with Crippen molar-refractivity contribution in [3.8, 4) is 23.8 Å². The number of carbonyl (C=O) groups excluding carboxylic acids is 2. The summed E-state index contributed by atoms with van der Waals surface area (Å²) in [5.74, 6) is 1.44. The van der Waals surface area contributed by atoms with Crippen molar-refractivity contribution in [1.82, 2.24) is 14.9 Å². The molecule has 1 aliphatic heterocycles. The van der Waals surface area contributed by atoms with Crippen LogP contribution in [0.15, 0.2) is 53.4 Å². The van der Waals surface area contributed by atoms with Crippen LogP contribution in [-0.4, -0.2) is 67.6 Å². The molecule has 0 radical (unpaired) electrons. The highest BCUT2D eigenvalue weighted by Gasteiger charge is 2.34. The highest BCUT2D eigenvalue weighted by molar-refractivity contribution is 7.89. The Morgan fingerprint density at radius 2 is 1.79 bits per heavy atom. The lowest BCUT2D eigenvalue weighted by Crippen LogP contribution is -2.51. The summed E-state index contributed by atoms with van der Waals surface area (Å²) >= 11 is 5.56. The Balaban J connectivity index is 1.90. The van der Waals surface area contributed by atoms with Gasteiger partial charge in [0.2, 0.25) is 28.6 Å². The number of amides is 2. The summed E-state index contributed by atoms with van der Waals surface area (Å²) in [7, 11) is -4.07. The SMILES string of the molecule is C#CC[C@H](NC(=O)CCl)C(=O)NC(c1ccccc1)[C@H](O)CN(CC(C)C)S(=O)(=O)c1ccc2c(c1)OCO2. The molecule has 1 heterocycles. The first-order chi connectivity index (χ1) is 18.6. The van der Waals surface area contributed by atoms with Crippen molar-refractivity contribution in [1.29, 1.82) is 0 Å². The second-order valence-electron chi connectivity index (χ2n) is 9.36. The molecular weight excluding hydrogens is 546 g/mol. The van der Waals surface area contributed by atoms with Gasteiger partial charge in [0.1, 0.15) is 11.9 Å². The Labute approximate surface area is 233 Å². The Kier molecular flexibility index (Phi) is 10.6. The smallest absolute Gasteiger partial charge is 0.244 e. The van der Waals surface area contributed by atoms with Crippen LogP contribution < -0.4 is 20.1 Å². The van der Waals surface area contributed by atoms with Crippen molar-refractivity contribution >= 4 is 33.4 Å². The fraction of sp³-hybridized carbons (Fsp3) is 0.407. The van der Waals surface area contributed by atoms with Gasteiger partial charge in [0.05, 0.1) is 17.0 Å². The van der Waals surface area contributed by atoms with Gasteiger partial charge >= 0.3 is 0 Å². The van der Waals surface area contributed by atoms with Gasteiger partial charge in [-0.15, -0.1) is 23.9 Å². The van der Waals surface area contributed by atoms with E-state index < -0.39 is 40.0 Å². The van der Waals surface area contributed by atoms with Crippen LogP contribution in [-0.2, 0) is 19.6 Å². The molecule has 0 aliphatic carbocycles. The summed E-state index contributed by atoms with van der Waals surface area (Å²) in [6, 6.07) is 10.8. The molecule has 0 bridgehead atoms. The van der Waals surface area contributed by atoms with Crippen LogP contribution in [0.25, 0.3) is 0 Å². The summed E-state index contributed by atoms with van der Waals surface area (Å²) in [5, 5.41) is 16.6. The number of fused-ring (bicyclic) bond motifs is 1. The number of terminal acetylenes is 1. The van der Waals surface area contributed by atoms with Gasteiger partial charge < -0.3 is 25.2 Å². The third-order valence-corrected chi connectivity index (χ3v) is 7.95. The predicted molar refractivity (Wildman–Crippen MR) is 146 cm³/mol. The highest BCUT2D eigenvalue weighted by Crippen LogP contribution is 2.35. The molecule has 39 heavy (non-hydrogen) atoms. The number of carbonyl (C=O) groups is 2. The number of rotatable bonds is 13. The Hall–Kier alpha value is -3.30. The van der Waals surface area contributed by atoms with Gasteiger partial charge in [-0.25, -0.2) is 8.42 Å². The first-order valence-corrected chi connectivity index (χ1v) is 14.3. The Morgan fingerprint density at radius 3 is 2.44 bits per heavy atom. The van der Waals surface area contributed by atoms with Crippen LogP contribution in [0.1, 0.15) is 31.9 Å². The molecule has 2 amide bonds. The quantitative estimate of drug-likeness (QED) is 0.245. The minimum Gasteiger partial charge on any atom is -0.454 e. The number of aliphatic hydroxyl groups is 1. The summed E-state index contributed by atoms with van der Waals surface area (Å²) in [6.07, 6.45) is 3.91. The number of benzene rings is 2. The average Bonchev–Trinajstić information content (AvgIpc) is 3.39. The largest absolute Gasteiger partial charge is 0.454 e. The zero-order chi connectivity index (χ0) is 28.6. The lowest BCUT2D eigenvalue weighted by molar-refractivity contribution is -0.129. The topological polar surface area (TPSA) is 134 Å². The minimum absolute atomic E-state index is 0.00225. The number of alkyl halides is 1. The summed E-state index contributed by atoms with van der Waals surface area (Å²) in [4.78, 5) is 24.9. The van der Waals surface area contributed by atoms with Crippen LogP contribution in [0.3, 0.4) is 0 Å². The molecule has 0 spiro atoms. The predicted octanol–water partition coefficient (Wildman–Crippen LogP) is 2.03. The average molecular weight is 578 g/mol. The third kappa shape index (κ3) is 7.86. The van der Waals surface area contributed by atoms with E-state index in [0.717, 1.165) is 0 Å². The molecule has 0 saturated heterocycles. The second kappa shape index (κ2) is 13.7. The molecule has 2 aromatic rings. The van der Waals surface area contributed by atoms with E-state index in [-0.39, 0.29) is 43.0 Å². The van der Waals surface area contributed by atoms with E-state index in [2.05, 4.69) is 16.6 Å². The first kappa shape index (κ1) is 30.2. The standard InChI is InChI=1S/C27H32ClN3O7S/c1-4-8-21(29-25(33)14-28)27(34)30-26(19-9-6-5-7-10-19)22(32)16-31(15-18(2)3)39(35,36)20-11-12-23-24(13-20)38-17-37-23/h1,5-7,9-13,18,21-22,26,32H,8,14-17H2,2-3H3,(H,29,33)(H,30,34)/t21-,22+,26?/m0/s1. The fourth-order valence-electron chi connectivity index (χ4n) is 4.05. The Morgan fingerprint density at radius 1 is 1.10 bits per heavy atom. The van der Waals surface area contributed by atoms with Crippen LogP contribution >= 0.6 is 11.6 Å². The van der Waals surface area contributed by atoms with Gasteiger partial charge in [0.15, 0.2) is 11.5 Å². The molecule has 1 unspecified atom stereocenters. The molecule has 210 valence electrons. The molecule has 10 nitrogen and oxygen atoms in total. The number of sulfonamides is 1. The van der Waals surface area contributed by atoms with Crippen LogP contribution in [0.4, 0.5) is 0 Å². The maximum absolute atomic E-state index is 13.7. The van der Waals surface area contributed by atoms with Crippen LogP contribution in [0.2, 0.25) is 0 Å². The van der Waals surface area contributed by atoms with E-state index in [9.17, 15) is 23.1 Å². The Bertz CT molecular complexity index is 1300. The van der Waals surface area contributed by atoms with Gasteiger partial charge in [0.25, 0.3) is 0 Å². The molecule has 0 fully saturated rings. The van der Waals surface area contributed by atoms with Crippen molar-refractivity contribution < 1.29 is 32.6 Å². The van der Waals surface area contributed by atoms with Crippen molar-refractivity contribution in [3.05, 3.63) is 54.1 Å². The van der Waals surface area contributed by atoms with Gasteiger partial charge in [-0.3, -0.25) is 9.59 Å². The maximum Gasteiger partial charge on any atom is 0.244 e. The number of nitrogens with one attached hydrogen (secondary N) is 2. The van der Waals surface area contributed by atoms with Crippen molar-refractivity contribution in [3.63, 3.8) is 0 Å². The number of aliphatic hydroxyl groups excluding tert-OH is 1. The normalized spacial score (nSPS) is 14.9. The maximum atomic E-state index is 13.7. The van der Waals surface area contributed by atoms with Gasteiger partial charge in [0, 0.05) is 25.6 Å². The van der Waals surface area contributed by atoms with E-state index in [1.807, 2.05) is 13.8 Å². The lowest BCUT2D eigenvalue weighted by atomic mass is 10.00. The molecule has 2 aromatic carbocycles. The van der Waals surface area contributed by atoms with E-state index in [1.165, 1.54) is 22.5 Å². The molecule has 0 saturated carbocycles. The molecule has 3 N–H and O–H groups in total. The summed E-state index contributed by atoms with van der Waals surface area (Å²) < 4.78 is 39.2. The monoisotopic (exact) mass is 577 g/mol. The fourth-order valence-corrected chi connectivity index (χ4v) is 5.77.